The van der Waals surface area contributed by atoms with Gasteiger partial charge < -0.3 is 0 Å². The molecule has 0 aliphatic rings. The zero-order valence-electron chi connectivity index (χ0n) is 9.27. The maximum atomic E-state index is 2.26. The van der Waals surface area contributed by atoms with Crippen LogP contribution in [0.4, 0.5) is 0 Å². The Morgan fingerprint density at radius 2 is 1.07 bits per heavy atom. The van der Waals surface area contributed by atoms with Gasteiger partial charge in [-0.25, -0.2) is 0 Å². The lowest BCUT2D eigenvalue weighted by Gasteiger charge is -2.26. The largest absolute Gasteiger partial charge is 0.120 e. The van der Waals surface area contributed by atoms with E-state index in [1.165, 1.54) is 11.1 Å². The molecule has 0 aliphatic heterocycles. The summed E-state index contributed by atoms with van der Waals surface area (Å²) in [5.74, 6) is 0. The third-order valence-electron chi connectivity index (χ3n) is 2.99. The second-order valence-corrected chi connectivity index (χ2v) is 4.36. The first-order valence-electron chi connectivity index (χ1n) is 5.32. The summed E-state index contributed by atoms with van der Waals surface area (Å²) in [6, 6.07) is 21.3. The van der Waals surface area contributed by atoms with Crippen LogP contribution in [-0.4, -0.2) is 7.85 Å². The first-order chi connectivity index (χ1) is 7.21. The molecule has 0 spiro atoms. The van der Waals surface area contributed by atoms with Crippen molar-refractivity contribution in [3.63, 3.8) is 0 Å². The van der Waals surface area contributed by atoms with Crippen molar-refractivity contribution in [3.05, 3.63) is 71.8 Å². The first kappa shape index (κ1) is 10.0. The molecule has 2 aromatic carbocycles. The summed E-state index contributed by atoms with van der Waals surface area (Å²) in [5, 5.41) is 0.0858. The highest BCUT2D eigenvalue weighted by Gasteiger charge is 2.21. The van der Waals surface area contributed by atoms with Gasteiger partial charge >= 0.3 is 0 Å². The van der Waals surface area contributed by atoms with Gasteiger partial charge in [0.05, 0.1) is 0 Å². The number of benzene rings is 2. The fourth-order valence-electron chi connectivity index (χ4n) is 1.88. The average molecular weight is 194 g/mol. The molecule has 74 valence electrons. The molecule has 0 saturated carbocycles. The van der Waals surface area contributed by atoms with Gasteiger partial charge in [-0.1, -0.05) is 67.6 Å². The Balaban J connectivity index is 2.44. The van der Waals surface area contributed by atoms with Gasteiger partial charge in [-0.05, 0) is 16.4 Å². The normalized spacial score (nSPS) is 11.3. The van der Waals surface area contributed by atoms with Gasteiger partial charge in [0.15, 0.2) is 0 Å². The third kappa shape index (κ3) is 1.96. The topological polar surface area (TPSA) is 0 Å². The van der Waals surface area contributed by atoms with Crippen LogP contribution in [-0.2, 0) is 5.31 Å². The van der Waals surface area contributed by atoms with E-state index in [9.17, 15) is 0 Å². The molecular formula is C14H15B. The number of rotatable bonds is 2. The van der Waals surface area contributed by atoms with Crippen LogP contribution < -0.4 is 0 Å². The minimum atomic E-state index is 0.0858. The maximum absolute atomic E-state index is 2.26. The monoisotopic (exact) mass is 194 g/mol. The average Bonchev–Trinajstić information content (AvgIpc) is 2.31. The van der Waals surface area contributed by atoms with Gasteiger partial charge in [-0.15, -0.1) is 0 Å². The van der Waals surface area contributed by atoms with E-state index in [0.717, 1.165) is 0 Å². The molecule has 0 nitrogen and oxygen atoms in total. The van der Waals surface area contributed by atoms with Gasteiger partial charge in [0.2, 0.25) is 0 Å². The maximum Gasteiger partial charge on any atom is 0.120 e. The van der Waals surface area contributed by atoms with E-state index in [0.29, 0.717) is 0 Å². The van der Waals surface area contributed by atoms with Gasteiger partial charge in [0.1, 0.15) is 7.85 Å². The van der Waals surface area contributed by atoms with Gasteiger partial charge in [-0.2, -0.15) is 0 Å². The molecule has 1 heteroatoms. The smallest absolute Gasteiger partial charge is 0.0622 e. The Morgan fingerprint density at radius 1 is 0.733 bits per heavy atom. The van der Waals surface area contributed by atoms with Gasteiger partial charge in [0, 0.05) is 0 Å². The molecule has 15 heavy (non-hydrogen) atoms. The highest BCUT2D eigenvalue weighted by atomic mass is 14.2. The molecule has 2 aromatic rings. The summed E-state index contributed by atoms with van der Waals surface area (Å²) < 4.78 is 0. The molecule has 0 bridgehead atoms. The van der Waals surface area contributed by atoms with Gasteiger partial charge in [-0.3, -0.25) is 0 Å². The molecule has 0 aliphatic carbocycles. The third-order valence-corrected chi connectivity index (χ3v) is 2.99. The second kappa shape index (κ2) is 3.94. The molecule has 2 rings (SSSR count). The fraction of sp³-hybridized carbons (Fsp3) is 0.143. The van der Waals surface area contributed by atoms with Gasteiger partial charge in [0.25, 0.3) is 0 Å². The summed E-state index contributed by atoms with van der Waals surface area (Å²) in [6.45, 7) is 2.26. The molecule has 0 heterocycles. The summed E-state index contributed by atoms with van der Waals surface area (Å²) in [5.41, 5.74) is 2.72. The molecule has 0 radical (unpaired) electrons. The standard InChI is InChI=1S/C14H15B/c1-14(15,12-8-4-2-5-9-12)13-10-6-3-7-11-13/h2-11H,15H2,1H3. The van der Waals surface area contributed by atoms with E-state index in [4.69, 9.17) is 0 Å². The molecule has 0 amide bonds. The van der Waals surface area contributed by atoms with Crippen molar-refractivity contribution >= 4 is 7.85 Å². The van der Waals surface area contributed by atoms with E-state index < -0.39 is 0 Å². The lowest BCUT2D eigenvalue weighted by atomic mass is 9.61. The number of hydrogen-bond acceptors (Lipinski definition) is 0. The van der Waals surface area contributed by atoms with Crippen LogP contribution in [0, 0.1) is 0 Å². The van der Waals surface area contributed by atoms with Crippen LogP contribution in [0.3, 0.4) is 0 Å². The van der Waals surface area contributed by atoms with E-state index in [1.807, 2.05) is 0 Å². The zero-order valence-corrected chi connectivity index (χ0v) is 9.27. The van der Waals surface area contributed by atoms with Crippen molar-refractivity contribution < 1.29 is 0 Å². The Kier molecular flexibility index (Phi) is 2.63. The van der Waals surface area contributed by atoms with Crippen LogP contribution in [0.2, 0.25) is 0 Å². The number of hydrogen-bond donors (Lipinski definition) is 0. The summed E-state index contributed by atoms with van der Waals surface area (Å²) in [7, 11) is 2.26. The Bertz CT molecular complexity index is 376. The molecule has 0 N–H and O–H groups in total. The SMILES string of the molecule is BC(C)(c1ccccc1)c1ccccc1. The van der Waals surface area contributed by atoms with Crippen LogP contribution in [0.5, 0.6) is 0 Å². The molecular weight excluding hydrogens is 179 g/mol. The van der Waals surface area contributed by atoms with E-state index in [2.05, 4.69) is 75.4 Å². The van der Waals surface area contributed by atoms with Crippen molar-refractivity contribution in [1.29, 1.82) is 0 Å². The highest BCUT2D eigenvalue weighted by molar-refractivity contribution is 6.17. The summed E-state index contributed by atoms with van der Waals surface area (Å²) in [6.07, 6.45) is 0. The van der Waals surface area contributed by atoms with E-state index in [-0.39, 0.29) is 5.31 Å². The van der Waals surface area contributed by atoms with E-state index >= 15 is 0 Å². The molecule has 0 aromatic heterocycles. The van der Waals surface area contributed by atoms with Crippen LogP contribution in [0.15, 0.2) is 60.7 Å². The molecule has 0 saturated heterocycles. The summed E-state index contributed by atoms with van der Waals surface area (Å²) >= 11 is 0. The van der Waals surface area contributed by atoms with Crippen molar-refractivity contribution in [2.75, 3.05) is 0 Å². The quantitative estimate of drug-likeness (QED) is 0.644. The minimum Gasteiger partial charge on any atom is -0.0622 e. The molecule has 0 unspecified atom stereocenters. The molecule has 0 fully saturated rings. The predicted octanol–water partition coefficient (Wildman–Crippen LogP) is 2.58. The predicted molar refractivity (Wildman–Crippen MR) is 67.9 cm³/mol. The van der Waals surface area contributed by atoms with Crippen LogP contribution >= 0.6 is 0 Å². The first-order valence-corrected chi connectivity index (χ1v) is 5.32. The highest BCUT2D eigenvalue weighted by Crippen LogP contribution is 2.27. The Morgan fingerprint density at radius 3 is 1.40 bits per heavy atom. The van der Waals surface area contributed by atoms with Crippen molar-refractivity contribution in [2.24, 2.45) is 0 Å². The lowest BCUT2D eigenvalue weighted by molar-refractivity contribution is 0.820. The minimum absolute atomic E-state index is 0.0858. The Labute approximate surface area is 92.4 Å². The Hall–Kier alpha value is -1.50. The second-order valence-electron chi connectivity index (χ2n) is 4.36. The van der Waals surface area contributed by atoms with Crippen molar-refractivity contribution in [2.45, 2.75) is 12.2 Å². The van der Waals surface area contributed by atoms with E-state index in [1.54, 1.807) is 0 Å². The molecule has 0 atom stereocenters. The van der Waals surface area contributed by atoms with Crippen LogP contribution in [0.1, 0.15) is 18.1 Å². The van der Waals surface area contributed by atoms with Crippen molar-refractivity contribution in [3.8, 4) is 0 Å². The van der Waals surface area contributed by atoms with Crippen LogP contribution in [0.25, 0.3) is 0 Å². The zero-order chi connectivity index (χ0) is 10.7. The fourth-order valence-corrected chi connectivity index (χ4v) is 1.88. The van der Waals surface area contributed by atoms with Crippen molar-refractivity contribution in [1.82, 2.24) is 0 Å². The summed E-state index contributed by atoms with van der Waals surface area (Å²) in [4.78, 5) is 0. The lowest BCUT2D eigenvalue weighted by Crippen LogP contribution is -2.23.